The van der Waals surface area contributed by atoms with Crippen LogP contribution in [0.3, 0.4) is 0 Å². The van der Waals surface area contributed by atoms with E-state index in [4.69, 9.17) is 16.6 Å². The Hall–Kier alpha value is -2.57. The number of amides is 2. The lowest BCUT2D eigenvalue weighted by atomic mass is 9.76. The van der Waals surface area contributed by atoms with Crippen molar-refractivity contribution >= 4 is 50.8 Å². The third-order valence-electron chi connectivity index (χ3n) is 6.62. The SMILES string of the molecule is Cc1ccc(-c2c(Cl)c(CN3C(=O)CCC3=O)nc3sc4c(c23)CCC(=O)C4(C)C)cc1. The number of hydrogen-bond donors (Lipinski definition) is 0. The molecule has 3 aromatic rings. The molecule has 0 atom stereocenters. The van der Waals surface area contributed by atoms with Crippen molar-refractivity contribution in [2.75, 3.05) is 0 Å². The Kier molecular flexibility index (Phi) is 4.98. The molecule has 5 rings (SSSR count). The first-order valence-corrected chi connectivity index (χ1v) is 12.0. The van der Waals surface area contributed by atoms with Crippen LogP contribution in [0.25, 0.3) is 21.3 Å². The standard InChI is InChI=1S/C25H23ClN2O3S/c1-13-4-6-14(7-5-13)20-21-15-8-9-17(29)25(2,3)23(15)32-24(21)27-16(22(20)26)12-28-18(30)10-11-19(28)31/h4-7H,8-12H2,1-3H3. The van der Waals surface area contributed by atoms with Gasteiger partial charge in [0.1, 0.15) is 10.6 Å². The average molecular weight is 467 g/mol. The van der Waals surface area contributed by atoms with Crippen LogP contribution in [0.1, 0.15) is 54.8 Å². The highest BCUT2D eigenvalue weighted by molar-refractivity contribution is 7.19. The van der Waals surface area contributed by atoms with Gasteiger partial charge in [0.15, 0.2) is 0 Å². The number of pyridine rings is 1. The van der Waals surface area contributed by atoms with Crippen LogP contribution >= 0.6 is 22.9 Å². The summed E-state index contributed by atoms with van der Waals surface area (Å²) in [6, 6.07) is 8.15. The summed E-state index contributed by atoms with van der Waals surface area (Å²) in [6.07, 6.45) is 1.62. The lowest BCUT2D eigenvalue weighted by Gasteiger charge is -2.28. The molecule has 1 saturated heterocycles. The largest absolute Gasteiger partial charge is 0.299 e. The van der Waals surface area contributed by atoms with Crippen molar-refractivity contribution < 1.29 is 14.4 Å². The normalized spacial score (nSPS) is 18.0. The van der Waals surface area contributed by atoms with E-state index in [2.05, 4.69) is 0 Å². The molecule has 0 bridgehead atoms. The number of nitrogens with zero attached hydrogens (tertiary/aromatic N) is 2. The number of aryl methyl sites for hydroxylation is 2. The number of imide groups is 1. The summed E-state index contributed by atoms with van der Waals surface area (Å²) in [5.41, 5.74) is 4.05. The molecule has 1 aliphatic heterocycles. The number of carbonyl (C=O) groups excluding carboxylic acids is 3. The van der Waals surface area contributed by atoms with Crippen molar-refractivity contribution in [1.82, 2.24) is 9.88 Å². The van der Waals surface area contributed by atoms with Gasteiger partial charge in [-0.3, -0.25) is 19.3 Å². The Morgan fingerprint density at radius 1 is 1.03 bits per heavy atom. The van der Waals surface area contributed by atoms with Gasteiger partial charge in [-0.1, -0.05) is 41.4 Å². The molecule has 1 aromatic carbocycles. The fraction of sp³-hybridized carbons (Fsp3) is 0.360. The third-order valence-corrected chi connectivity index (χ3v) is 8.47. The summed E-state index contributed by atoms with van der Waals surface area (Å²) < 4.78 is 0. The molecule has 0 saturated carbocycles. The van der Waals surface area contributed by atoms with E-state index in [0.29, 0.717) is 23.6 Å². The molecule has 164 valence electrons. The fourth-order valence-corrected chi connectivity index (χ4v) is 6.36. The van der Waals surface area contributed by atoms with E-state index in [1.54, 1.807) is 0 Å². The summed E-state index contributed by atoms with van der Waals surface area (Å²) in [4.78, 5) is 45.1. The molecule has 0 radical (unpaired) electrons. The predicted octanol–water partition coefficient (Wildman–Crippen LogP) is 5.37. The smallest absolute Gasteiger partial charge is 0.230 e. The lowest BCUT2D eigenvalue weighted by Crippen LogP contribution is -2.32. The second kappa shape index (κ2) is 7.49. The van der Waals surface area contributed by atoms with Crippen LogP contribution in [0.2, 0.25) is 5.02 Å². The van der Waals surface area contributed by atoms with E-state index < -0.39 is 5.41 Å². The Balaban J connectivity index is 1.78. The van der Waals surface area contributed by atoms with Crippen LogP contribution in [0.5, 0.6) is 0 Å². The average Bonchev–Trinajstić information content (AvgIpc) is 3.28. The molecule has 1 fully saturated rings. The van der Waals surface area contributed by atoms with E-state index >= 15 is 0 Å². The van der Waals surface area contributed by atoms with Crippen LogP contribution in [-0.4, -0.2) is 27.5 Å². The van der Waals surface area contributed by atoms with E-state index in [1.807, 2.05) is 45.0 Å². The Morgan fingerprint density at radius 2 is 1.69 bits per heavy atom. The summed E-state index contributed by atoms with van der Waals surface area (Å²) in [5.74, 6) is -0.155. The minimum Gasteiger partial charge on any atom is -0.299 e. The number of carbonyl (C=O) groups is 3. The van der Waals surface area contributed by atoms with Crippen LogP contribution in [-0.2, 0) is 32.8 Å². The topological polar surface area (TPSA) is 67.3 Å². The second-order valence-electron chi connectivity index (χ2n) is 9.13. The number of fused-ring (bicyclic) bond motifs is 3. The van der Waals surface area contributed by atoms with Gasteiger partial charge in [-0.05, 0) is 38.3 Å². The summed E-state index contributed by atoms with van der Waals surface area (Å²) in [7, 11) is 0. The molecule has 2 aliphatic rings. The molecule has 0 unspecified atom stereocenters. The molecule has 2 amide bonds. The number of benzene rings is 1. The van der Waals surface area contributed by atoms with Gasteiger partial charge >= 0.3 is 0 Å². The van der Waals surface area contributed by atoms with Gasteiger partial charge in [0.05, 0.1) is 22.7 Å². The van der Waals surface area contributed by atoms with Crippen molar-refractivity contribution in [1.29, 1.82) is 0 Å². The Morgan fingerprint density at radius 3 is 2.34 bits per heavy atom. The monoisotopic (exact) mass is 466 g/mol. The highest BCUT2D eigenvalue weighted by Gasteiger charge is 2.39. The van der Waals surface area contributed by atoms with Crippen molar-refractivity contribution in [3.63, 3.8) is 0 Å². The van der Waals surface area contributed by atoms with Crippen LogP contribution in [0, 0.1) is 6.92 Å². The Bertz CT molecular complexity index is 1290. The maximum absolute atomic E-state index is 12.7. The number of hydrogen-bond acceptors (Lipinski definition) is 5. The van der Waals surface area contributed by atoms with Gasteiger partial charge < -0.3 is 0 Å². The maximum atomic E-state index is 12.7. The third kappa shape index (κ3) is 3.20. The first kappa shape index (κ1) is 21.3. The van der Waals surface area contributed by atoms with Crippen molar-refractivity contribution in [3.05, 3.63) is 51.0 Å². The summed E-state index contributed by atoms with van der Waals surface area (Å²) in [6.45, 7) is 6.04. The molecule has 3 heterocycles. The van der Waals surface area contributed by atoms with Crippen LogP contribution < -0.4 is 0 Å². The maximum Gasteiger partial charge on any atom is 0.230 e. The van der Waals surface area contributed by atoms with E-state index in [0.717, 1.165) is 37.3 Å². The zero-order valence-corrected chi connectivity index (χ0v) is 19.8. The van der Waals surface area contributed by atoms with Crippen molar-refractivity contribution in [2.24, 2.45) is 0 Å². The highest BCUT2D eigenvalue weighted by Crippen LogP contribution is 2.48. The van der Waals surface area contributed by atoms with Gasteiger partial charge in [0.25, 0.3) is 0 Å². The zero-order valence-electron chi connectivity index (χ0n) is 18.3. The van der Waals surface area contributed by atoms with Crippen LogP contribution in [0.4, 0.5) is 0 Å². The lowest BCUT2D eigenvalue weighted by molar-refractivity contribution is -0.139. The number of likely N-dealkylation sites (tertiary alicyclic amines) is 1. The van der Waals surface area contributed by atoms with E-state index in [1.165, 1.54) is 16.2 Å². The first-order chi connectivity index (χ1) is 15.2. The minimum atomic E-state index is -0.572. The summed E-state index contributed by atoms with van der Waals surface area (Å²) >= 11 is 8.49. The number of Topliss-reactive ketones (excluding diaryl/α,β-unsaturated/α-hetero) is 1. The van der Waals surface area contributed by atoms with E-state index in [9.17, 15) is 14.4 Å². The molecule has 7 heteroatoms. The number of aromatic nitrogens is 1. The minimum absolute atomic E-state index is 0.0657. The molecule has 1 aliphatic carbocycles. The Labute approximate surface area is 195 Å². The molecule has 5 nitrogen and oxygen atoms in total. The number of ketones is 1. The van der Waals surface area contributed by atoms with E-state index in [-0.39, 0.29) is 37.0 Å². The number of halogens is 1. The first-order valence-electron chi connectivity index (χ1n) is 10.8. The van der Waals surface area contributed by atoms with Gasteiger partial charge in [-0.25, -0.2) is 4.98 Å². The molecule has 2 aromatic heterocycles. The second-order valence-corrected chi connectivity index (χ2v) is 10.5. The highest BCUT2D eigenvalue weighted by atomic mass is 35.5. The summed E-state index contributed by atoms with van der Waals surface area (Å²) in [5, 5.41) is 1.45. The van der Waals surface area contributed by atoms with Crippen molar-refractivity contribution in [3.8, 4) is 11.1 Å². The van der Waals surface area contributed by atoms with Gasteiger partial charge in [-0.2, -0.15) is 0 Å². The quantitative estimate of drug-likeness (QED) is 0.487. The predicted molar refractivity (Wildman–Crippen MR) is 126 cm³/mol. The molecule has 0 spiro atoms. The van der Waals surface area contributed by atoms with Gasteiger partial charge in [0.2, 0.25) is 11.8 Å². The fourth-order valence-electron chi connectivity index (χ4n) is 4.68. The number of rotatable bonds is 3. The molecule has 0 N–H and O–H groups in total. The van der Waals surface area contributed by atoms with Crippen LogP contribution in [0.15, 0.2) is 24.3 Å². The van der Waals surface area contributed by atoms with Gasteiger partial charge in [-0.15, -0.1) is 11.3 Å². The number of thiophene rings is 1. The zero-order chi connectivity index (χ0) is 22.8. The van der Waals surface area contributed by atoms with Gasteiger partial charge in [0, 0.05) is 35.1 Å². The molecular weight excluding hydrogens is 444 g/mol. The van der Waals surface area contributed by atoms with Crippen molar-refractivity contribution in [2.45, 2.75) is 58.4 Å². The molecule has 32 heavy (non-hydrogen) atoms. The molecular formula is C25H23ClN2O3S.